The molecule has 0 spiro atoms. The summed E-state index contributed by atoms with van der Waals surface area (Å²) in [4.78, 5) is 16.6. The number of pyridine rings is 1. The van der Waals surface area contributed by atoms with E-state index in [9.17, 15) is 4.79 Å². The number of nitrogens with zero attached hydrogens (tertiary/aromatic N) is 3. The molecule has 0 fully saturated rings. The maximum Gasteiger partial charge on any atom is 0.229 e. The highest BCUT2D eigenvalue weighted by Gasteiger charge is 2.12. The lowest BCUT2D eigenvalue weighted by Gasteiger charge is -2.08. The van der Waals surface area contributed by atoms with Crippen molar-refractivity contribution in [1.82, 2.24) is 14.8 Å². The molecule has 1 amide bonds. The third-order valence-electron chi connectivity index (χ3n) is 3.76. The van der Waals surface area contributed by atoms with Gasteiger partial charge in [0.05, 0.1) is 12.1 Å². The van der Waals surface area contributed by atoms with Crippen LogP contribution in [-0.4, -0.2) is 20.7 Å². The van der Waals surface area contributed by atoms with E-state index in [1.54, 1.807) is 10.9 Å². The minimum absolute atomic E-state index is 0.0728. The molecule has 0 bridgehead atoms. The standard InChI is InChI=1S/C19H20N4O/c1-3-15-7-9-16(10-8-15)13-19(24)21-18-12-14(2)22-23(18)17-6-4-5-11-20-17/h4-12H,3,13H2,1-2H3,(H,21,24). The van der Waals surface area contributed by atoms with Crippen molar-refractivity contribution in [1.29, 1.82) is 0 Å². The molecular formula is C19H20N4O. The first-order chi connectivity index (χ1) is 11.7. The Hall–Kier alpha value is -2.95. The summed E-state index contributed by atoms with van der Waals surface area (Å²) >= 11 is 0. The molecule has 1 aromatic carbocycles. The van der Waals surface area contributed by atoms with Crippen LogP contribution in [0.3, 0.4) is 0 Å². The van der Waals surface area contributed by atoms with E-state index in [0.717, 1.165) is 17.7 Å². The summed E-state index contributed by atoms with van der Waals surface area (Å²) in [7, 11) is 0. The molecule has 0 aliphatic carbocycles. The van der Waals surface area contributed by atoms with Crippen LogP contribution >= 0.6 is 0 Å². The lowest BCUT2D eigenvalue weighted by molar-refractivity contribution is -0.115. The number of carbonyl (C=O) groups is 1. The molecule has 0 unspecified atom stereocenters. The fourth-order valence-electron chi connectivity index (χ4n) is 2.51. The van der Waals surface area contributed by atoms with Crippen LogP contribution in [0, 0.1) is 6.92 Å². The Labute approximate surface area is 141 Å². The predicted molar refractivity (Wildman–Crippen MR) is 94.2 cm³/mol. The Balaban J connectivity index is 1.74. The maximum absolute atomic E-state index is 12.4. The van der Waals surface area contributed by atoms with Gasteiger partial charge in [0.25, 0.3) is 0 Å². The third-order valence-corrected chi connectivity index (χ3v) is 3.76. The highest BCUT2D eigenvalue weighted by Crippen LogP contribution is 2.16. The Morgan fingerprint density at radius 1 is 1.12 bits per heavy atom. The fraction of sp³-hybridized carbons (Fsp3) is 0.211. The second kappa shape index (κ2) is 7.08. The van der Waals surface area contributed by atoms with E-state index in [1.165, 1.54) is 5.56 Å². The average Bonchev–Trinajstić information content (AvgIpc) is 2.96. The molecule has 3 rings (SSSR count). The quantitative estimate of drug-likeness (QED) is 0.784. The van der Waals surface area contributed by atoms with E-state index in [1.807, 2.05) is 43.3 Å². The zero-order valence-corrected chi connectivity index (χ0v) is 13.9. The first kappa shape index (κ1) is 15.9. The van der Waals surface area contributed by atoms with Gasteiger partial charge in [-0.2, -0.15) is 9.78 Å². The van der Waals surface area contributed by atoms with Crippen molar-refractivity contribution in [2.24, 2.45) is 0 Å². The van der Waals surface area contributed by atoms with E-state index in [4.69, 9.17) is 0 Å². The number of anilines is 1. The van der Waals surface area contributed by atoms with E-state index in [2.05, 4.69) is 34.5 Å². The van der Waals surface area contributed by atoms with Crippen molar-refractivity contribution < 1.29 is 4.79 Å². The first-order valence-electron chi connectivity index (χ1n) is 8.01. The number of amides is 1. The molecule has 3 aromatic rings. The largest absolute Gasteiger partial charge is 0.310 e. The molecule has 0 saturated heterocycles. The number of benzene rings is 1. The van der Waals surface area contributed by atoms with Crippen LogP contribution < -0.4 is 5.32 Å². The van der Waals surface area contributed by atoms with E-state index >= 15 is 0 Å². The summed E-state index contributed by atoms with van der Waals surface area (Å²) in [6.45, 7) is 4.00. The van der Waals surface area contributed by atoms with Crippen molar-refractivity contribution in [3.63, 3.8) is 0 Å². The van der Waals surface area contributed by atoms with Gasteiger partial charge in [-0.1, -0.05) is 37.3 Å². The summed E-state index contributed by atoms with van der Waals surface area (Å²) in [5, 5.41) is 7.33. The lowest BCUT2D eigenvalue weighted by Crippen LogP contribution is -2.17. The van der Waals surface area contributed by atoms with Crippen LogP contribution in [0.1, 0.15) is 23.7 Å². The van der Waals surface area contributed by atoms with Gasteiger partial charge in [0.2, 0.25) is 5.91 Å². The molecule has 1 N–H and O–H groups in total. The summed E-state index contributed by atoms with van der Waals surface area (Å²) in [5.74, 6) is 1.23. The number of aryl methyl sites for hydroxylation is 2. The Kier molecular flexibility index (Phi) is 4.70. The molecule has 2 heterocycles. The van der Waals surface area contributed by atoms with Crippen molar-refractivity contribution in [2.75, 3.05) is 5.32 Å². The van der Waals surface area contributed by atoms with E-state index in [-0.39, 0.29) is 5.91 Å². The summed E-state index contributed by atoms with van der Waals surface area (Å²) < 4.78 is 1.65. The molecule has 0 atom stereocenters. The van der Waals surface area contributed by atoms with E-state index in [0.29, 0.717) is 18.1 Å². The van der Waals surface area contributed by atoms with E-state index < -0.39 is 0 Å². The van der Waals surface area contributed by atoms with Gasteiger partial charge in [0, 0.05) is 12.3 Å². The molecule has 2 aromatic heterocycles. The zero-order chi connectivity index (χ0) is 16.9. The topological polar surface area (TPSA) is 59.8 Å². The smallest absolute Gasteiger partial charge is 0.229 e. The minimum Gasteiger partial charge on any atom is -0.310 e. The van der Waals surface area contributed by atoms with Crippen molar-refractivity contribution in [3.8, 4) is 5.82 Å². The van der Waals surface area contributed by atoms with Crippen LogP contribution in [0.15, 0.2) is 54.7 Å². The number of hydrogen-bond donors (Lipinski definition) is 1. The monoisotopic (exact) mass is 320 g/mol. The number of rotatable bonds is 5. The van der Waals surface area contributed by atoms with Crippen molar-refractivity contribution in [2.45, 2.75) is 26.7 Å². The van der Waals surface area contributed by atoms with Crippen molar-refractivity contribution >= 4 is 11.7 Å². The van der Waals surface area contributed by atoms with Gasteiger partial charge < -0.3 is 5.32 Å². The van der Waals surface area contributed by atoms with Crippen LogP contribution in [0.2, 0.25) is 0 Å². The van der Waals surface area contributed by atoms with Crippen LogP contribution in [0.25, 0.3) is 5.82 Å². The van der Waals surface area contributed by atoms with Gasteiger partial charge in [0.1, 0.15) is 5.82 Å². The molecule has 0 aliphatic rings. The number of hydrogen-bond acceptors (Lipinski definition) is 3. The highest BCUT2D eigenvalue weighted by molar-refractivity contribution is 5.91. The minimum atomic E-state index is -0.0728. The SMILES string of the molecule is CCc1ccc(CC(=O)Nc2cc(C)nn2-c2ccccn2)cc1. The third kappa shape index (κ3) is 3.68. The lowest BCUT2D eigenvalue weighted by atomic mass is 10.1. The Bertz CT molecular complexity index is 822. The van der Waals surface area contributed by atoms with Crippen LogP contribution in [0.4, 0.5) is 5.82 Å². The summed E-state index contributed by atoms with van der Waals surface area (Å²) in [6, 6.07) is 15.5. The van der Waals surface area contributed by atoms with Gasteiger partial charge >= 0.3 is 0 Å². The van der Waals surface area contributed by atoms with Crippen LogP contribution in [-0.2, 0) is 17.6 Å². The van der Waals surface area contributed by atoms with Gasteiger partial charge in [-0.15, -0.1) is 0 Å². The first-order valence-corrected chi connectivity index (χ1v) is 8.01. The Morgan fingerprint density at radius 3 is 2.54 bits per heavy atom. The normalized spacial score (nSPS) is 10.6. The predicted octanol–water partition coefficient (Wildman–Crippen LogP) is 3.32. The summed E-state index contributed by atoms with van der Waals surface area (Å²) in [5.41, 5.74) is 3.08. The highest BCUT2D eigenvalue weighted by atomic mass is 16.1. The number of carbonyl (C=O) groups excluding carboxylic acids is 1. The number of aromatic nitrogens is 3. The molecule has 0 saturated carbocycles. The number of nitrogens with one attached hydrogen (secondary N) is 1. The Morgan fingerprint density at radius 2 is 1.88 bits per heavy atom. The maximum atomic E-state index is 12.4. The van der Waals surface area contributed by atoms with Gasteiger partial charge in [0.15, 0.2) is 5.82 Å². The molecule has 0 aliphatic heterocycles. The molecule has 122 valence electrons. The van der Waals surface area contributed by atoms with Crippen LogP contribution in [0.5, 0.6) is 0 Å². The fourth-order valence-corrected chi connectivity index (χ4v) is 2.51. The van der Waals surface area contributed by atoms with Crippen molar-refractivity contribution in [3.05, 3.63) is 71.5 Å². The second-order valence-corrected chi connectivity index (χ2v) is 5.67. The molecule has 5 nitrogen and oxygen atoms in total. The average molecular weight is 320 g/mol. The second-order valence-electron chi connectivity index (χ2n) is 5.67. The molecule has 5 heteroatoms. The molecule has 24 heavy (non-hydrogen) atoms. The van der Waals surface area contributed by atoms with Gasteiger partial charge in [-0.05, 0) is 36.6 Å². The van der Waals surface area contributed by atoms with Gasteiger partial charge in [-0.25, -0.2) is 4.98 Å². The van der Waals surface area contributed by atoms with Gasteiger partial charge in [-0.3, -0.25) is 4.79 Å². The molecular weight excluding hydrogens is 300 g/mol. The summed E-state index contributed by atoms with van der Waals surface area (Å²) in [6.07, 6.45) is 3.03. The zero-order valence-electron chi connectivity index (χ0n) is 13.9. The molecule has 0 radical (unpaired) electrons.